The van der Waals surface area contributed by atoms with Crippen molar-refractivity contribution in [2.75, 3.05) is 19.7 Å². The standard InChI is InChI=1S/C92H152N22O24/c1-28-92(27,59(117)44-54(36-39-60(93)118)69(124)100-56(37-40-61(94)119)70(125)99-55(46-115)43-53-33-30-29-31-34-53)113-82(137)90(23,24)110-74(129)65(48(4)5)103-72(127)58-35-32-42-114(58)83(138)91(25,26)111-73(128)64(47(2)3)102-63(121)45-96-76(131)84(11,12)109-75(130)66(49(6)7)104-80(135)87(17,18)108-71(126)57(38-41-62(95)120)101-79(134)88(19,20)112-81(136)89(21,22)107-68(123)51(9)98-78(133)86(15,16)106-67(122)50(8)97-77(132)85(13,14)105-52(10)116/h29-31,33-34,47-51,54-58,64-66,115H,28,32,35-46H2,1-27H3,(H2,93,118)(H2,94,119)(H2,95,120)(H,96,131)(H,97,132)(H,98,133)(H,99,125)(H,100,124)(H,101,134)(H,102,121)(H,103,127)(H,104,135)(H,105,116)(H,106,122)(H,107,123)(H,108,126)(H,109,130)(H,110,129)(H,111,128)(H,112,136)(H,113,137)/t50-,51+,54-,55-,56+,57+,58-,64-,65-,66+,92-/m0/s1. The van der Waals surface area contributed by atoms with E-state index in [-0.39, 0.29) is 63.8 Å². The van der Waals surface area contributed by atoms with Crippen molar-refractivity contribution in [3.8, 4) is 0 Å². The van der Waals surface area contributed by atoms with Gasteiger partial charge in [-0.25, -0.2) is 89.9 Å². The van der Waals surface area contributed by atoms with E-state index in [1.807, 2.05) is 0 Å². The zero-order chi connectivity index (χ0) is 107. The summed E-state index contributed by atoms with van der Waals surface area (Å²) < 4.78 is 0. The Morgan fingerprint density at radius 3 is 1.22 bits per heavy atom. The number of nitrogens with one attached hydrogen (secondary N) is 3. The molecule has 0 spiro atoms. The molecular weight excluding hydrogens is 1800 g/mol. The van der Waals surface area contributed by atoms with E-state index in [2.05, 4.69) is 89.9 Å². The molecule has 1 aliphatic rings. The lowest BCUT2D eigenvalue weighted by molar-refractivity contribution is -0.135. The zero-order valence-corrected chi connectivity index (χ0v) is 84.4. The average molecular weight is 1950 g/mol. The monoisotopic (exact) mass is 1950 g/mol. The zero-order valence-electron chi connectivity index (χ0n) is 84.4. The van der Waals surface area contributed by atoms with Crippen LogP contribution in [-0.4, -0.2) is 377 Å². The van der Waals surface area contributed by atoms with Gasteiger partial charge in [0.15, 0.2) is 35.3 Å². The summed E-state index contributed by atoms with van der Waals surface area (Å²) in [5, 5.41) is 266. The van der Waals surface area contributed by atoms with Crippen LogP contribution in [0, 0.1) is 39.9 Å². The van der Waals surface area contributed by atoms with Gasteiger partial charge in [0.2, 0.25) is 94.4 Å². The first-order valence-corrected chi connectivity index (χ1v) is 45.3. The Bertz CT molecular complexity index is 4960. The molecule has 774 valence electrons. The first-order chi connectivity index (χ1) is 63.1. The molecule has 0 bridgehead atoms. The predicted molar refractivity (Wildman–Crippen MR) is 543 cm³/mol. The second-order valence-electron chi connectivity index (χ2n) is 39.3. The van der Waals surface area contributed by atoms with Crippen molar-refractivity contribution in [3.05, 3.63) is 35.9 Å². The number of nitrogens with zero attached hydrogens (tertiary/aromatic N) is 19. The van der Waals surface area contributed by atoms with Crippen LogP contribution in [0.3, 0.4) is 0 Å². The molecule has 0 saturated carbocycles. The summed E-state index contributed by atoms with van der Waals surface area (Å²) in [5.74, 6) is -19.5. The van der Waals surface area contributed by atoms with Gasteiger partial charge in [0, 0.05) is 45.1 Å². The number of hydrogen-bond donors (Lipinski definition) is 25. The van der Waals surface area contributed by atoms with Crippen LogP contribution in [-0.2, 0) is 16.0 Å². The molecule has 0 aliphatic carbocycles. The normalized spacial score (nSPS) is 18.9. The molecule has 0 aromatic heterocycles. The highest BCUT2D eigenvalue weighted by Gasteiger charge is 2.45. The Kier molecular flexibility index (Phi) is 44.8. The fraction of sp³-hybridized carbons (Fsp3) is 0.685. The summed E-state index contributed by atoms with van der Waals surface area (Å²) in [6.07, 6.45) is -1.84. The van der Waals surface area contributed by atoms with E-state index in [9.17, 15) is 122 Å². The number of likely N-dealkylation sites (tertiary alicyclic amines) is 1. The van der Waals surface area contributed by atoms with Crippen molar-refractivity contribution in [2.24, 2.45) is 114 Å². The van der Waals surface area contributed by atoms with Gasteiger partial charge in [-0.05, 0) is 200 Å². The Labute approximate surface area is 806 Å². The minimum absolute atomic E-state index is 0.0555. The maximum absolute atomic E-state index is 14.6. The van der Waals surface area contributed by atoms with Crippen LogP contribution >= 0.6 is 0 Å². The molecule has 1 heterocycles. The lowest BCUT2D eigenvalue weighted by atomic mass is 9.85. The van der Waals surface area contributed by atoms with Gasteiger partial charge < -0.3 is 117 Å². The number of ketones is 1. The molecule has 2 rings (SSSR count). The van der Waals surface area contributed by atoms with Gasteiger partial charge in [-0.2, -0.15) is 0 Å². The van der Waals surface area contributed by atoms with E-state index in [1.165, 1.54) is 143 Å². The molecule has 46 nitrogen and oxygen atoms in total. The molecular formula is C92H152N22O24. The van der Waals surface area contributed by atoms with Crippen LogP contribution in [0.25, 0.3) is 0 Å². The molecule has 1 aliphatic heterocycles. The summed E-state index contributed by atoms with van der Waals surface area (Å²) >= 11 is 0. The molecule has 25 N–H and O–H groups in total. The third-order valence-electron chi connectivity index (χ3n) is 22.1. The number of aliphatic imine (C=N–C) groups is 18. The number of rotatable bonds is 55. The molecule has 1 saturated heterocycles. The number of Topliss-reactive ketones (excluding diaryl/α,β-unsaturated/α-hetero) is 1. The molecule has 1 amide bonds. The lowest BCUT2D eigenvalue weighted by Gasteiger charge is -2.31. The first-order valence-electron chi connectivity index (χ1n) is 45.3. The number of amides is 1. The van der Waals surface area contributed by atoms with E-state index < -0.39 is 284 Å². The molecule has 1 fully saturated rings. The third-order valence-corrected chi connectivity index (χ3v) is 22.1. The number of aliphatic hydroxyl groups excluding tert-OH is 22. The van der Waals surface area contributed by atoms with Crippen molar-refractivity contribution in [1.29, 1.82) is 16.2 Å². The Balaban J connectivity index is 2.51. The van der Waals surface area contributed by atoms with Gasteiger partial charge in [-0.1, -0.05) is 78.8 Å². The van der Waals surface area contributed by atoms with Crippen molar-refractivity contribution < 1.29 is 122 Å². The van der Waals surface area contributed by atoms with E-state index >= 15 is 0 Å². The Hall–Kier alpha value is -12.8. The van der Waals surface area contributed by atoms with Gasteiger partial charge in [0.05, 0.1) is 12.6 Å². The fourth-order valence-corrected chi connectivity index (χ4v) is 13.1. The summed E-state index contributed by atoms with van der Waals surface area (Å²) in [6.45, 7) is 37.3. The van der Waals surface area contributed by atoms with Crippen LogP contribution in [0.2, 0.25) is 0 Å². The van der Waals surface area contributed by atoms with Gasteiger partial charge >= 0.3 is 0 Å². The van der Waals surface area contributed by atoms with E-state index in [0.29, 0.717) is 6.42 Å². The maximum atomic E-state index is 14.6. The quantitative estimate of drug-likeness (QED) is 0.0213. The second-order valence-corrected chi connectivity index (χ2v) is 39.3. The minimum atomic E-state index is -1.89. The van der Waals surface area contributed by atoms with Crippen molar-refractivity contribution in [3.63, 3.8) is 0 Å². The van der Waals surface area contributed by atoms with Crippen molar-refractivity contribution in [2.45, 2.75) is 362 Å². The topological polar surface area (TPSA) is 776 Å². The van der Waals surface area contributed by atoms with Gasteiger partial charge in [0.25, 0.3) is 5.91 Å². The number of carbonyl (C=O) groups is 2. The smallest absolute Gasteiger partial charge is 0.250 e. The minimum Gasteiger partial charge on any atom is -0.497 e. The van der Waals surface area contributed by atoms with Gasteiger partial charge in [-0.3, -0.25) is 25.8 Å². The fourth-order valence-electron chi connectivity index (χ4n) is 13.1. The van der Waals surface area contributed by atoms with Crippen LogP contribution in [0.1, 0.15) is 257 Å². The number of hydrogen-bond acceptors (Lipinski definition) is 24. The highest BCUT2D eigenvalue weighted by Crippen LogP contribution is 2.32. The SMILES string of the molecule is CC[C@](C)(N=C(O)C(C)(C)N=C(O)[C@@H](N=C(O)[C@@H]1CCCN1C(=O)C(C)(C)N=C(O)[C@@H](N=C(O)CN=C(O)C(C)(C)N=C(O)[C@H](N=C(O)C(C)(C)N=C(O)[C@@H](CCC(=N)O)N=C(O)C(C)(C)N=C(O)C(C)(C)N=C(O)[C@@H](C)N=C(O)C(C)(C)N=C(O)[C@H](C)N=C(O)C(C)(C)N=C(C)O)C(C)C)C(C)C)C(C)C)C(=O)C[C@H](CCC(=N)O)C(O)=N[C@H](CCC(=N)O)C(O)=N[C@H](CO)Cc1ccccc1. The number of benzene rings is 1. The summed E-state index contributed by atoms with van der Waals surface area (Å²) in [5.41, 5.74) is -14.9. The summed E-state index contributed by atoms with van der Waals surface area (Å²) in [7, 11) is 0. The Morgan fingerprint density at radius 1 is 0.406 bits per heavy atom. The Morgan fingerprint density at radius 2 is 0.783 bits per heavy atom. The second kappa shape index (κ2) is 51.0. The molecule has 11 atom stereocenters. The van der Waals surface area contributed by atoms with Gasteiger partial charge in [-0.15, -0.1) is 0 Å². The maximum Gasteiger partial charge on any atom is 0.250 e. The van der Waals surface area contributed by atoms with E-state index in [4.69, 9.17) is 16.2 Å². The predicted octanol–water partition coefficient (Wildman–Crippen LogP) is 14.3. The molecule has 0 unspecified atom stereocenters. The third kappa shape index (κ3) is 37.6. The van der Waals surface area contributed by atoms with Crippen LogP contribution < -0.4 is 0 Å². The van der Waals surface area contributed by atoms with Gasteiger partial charge in [0.1, 0.15) is 105 Å². The first kappa shape index (κ1) is 121. The molecule has 46 heteroatoms. The van der Waals surface area contributed by atoms with Crippen molar-refractivity contribution >= 4 is 136 Å². The van der Waals surface area contributed by atoms with Crippen molar-refractivity contribution in [1.82, 2.24) is 4.90 Å². The molecule has 1 aromatic carbocycles. The summed E-state index contributed by atoms with van der Waals surface area (Å²) in [4.78, 5) is 106. The molecule has 1 aromatic rings. The molecule has 0 radical (unpaired) electrons. The lowest BCUT2D eigenvalue weighted by Crippen LogP contribution is -2.50. The highest BCUT2D eigenvalue weighted by atomic mass is 16.3. The largest absolute Gasteiger partial charge is 0.497 e. The van der Waals surface area contributed by atoms with Crippen LogP contribution in [0.4, 0.5) is 0 Å². The average Bonchev–Trinajstić information content (AvgIpc) is 1.46. The molecule has 138 heavy (non-hydrogen) atoms. The number of aliphatic hydroxyl groups is 22. The van der Waals surface area contributed by atoms with Crippen LogP contribution in [0.5, 0.6) is 0 Å². The number of carbonyl (C=O) groups excluding carboxylic acids is 2. The van der Waals surface area contributed by atoms with E-state index in [1.54, 1.807) is 78.8 Å². The van der Waals surface area contributed by atoms with E-state index in [0.717, 1.165) is 5.56 Å². The van der Waals surface area contributed by atoms with Crippen LogP contribution in [0.15, 0.2) is 120 Å². The summed E-state index contributed by atoms with van der Waals surface area (Å²) in [6, 6.07) is -2.52. The highest BCUT2D eigenvalue weighted by molar-refractivity contribution is 6.01.